The number of aliphatic hydroxyl groups excluding tert-OH is 1. The summed E-state index contributed by atoms with van der Waals surface area (Å²) in [5, 5.41) is 15.7. The molecule has 1 amide bonds. The van der Waals surface area contributed by atoms with Gasteiger partial charge in [0.1, 0.15) is 5.75 Å². The fourth-order valence-corrected chi connectivity index (χ4v) is 4.13. The number of nitrogens with zero attached hydrogens (tertiary/aromatic N) is 3. The van der Waals surface area contributed by atoms with Crippen LogP contribution in [0.15, 0.2) is 29.1 Å². The minimum Gasteiger partial charge on any atom is -0.494 e. The van der Waals surface area contributed by atoms with Gasteiger partial charge in [0.15, 0.2) is 0 Å². The van der Waals surface area contributed by atoms with Crippen molar-refractivity contribution in [3.05, 3.63) is 35.7 Å². The fourth-order valence-electron chi connectivity index (χ4n) is 4.13. The van der Waals surface area contributed by atoms with Crippen LogP contribution in [0.4, 0.5) is 5.95 Å². The van der Waals surface area contributed by atoms with Gasteiger partial charge < -0.3 is 29.3 Å². The minimum atomic E-state index is -0.267. The molecule has 0 saturated carbocycles. The summed E-state index contributed by atoms with van der Waals surface area (Å²) >= 11 is 0. The molecular weight excluding hydrogens is 436 g/mol. The molecule has 2 aliphatic heterocycles. The van der Waals surface area contributed by atoms with Crippen LogP contribution in [0, 0.1) is 12.8 Å². The highest BCUT2D eigenvalue weighted by atomic mass is 16.5. The summed E-state index contributed by atoms with van der Waals surface area (Å²) in [6.07, 6.45) is 8.32. The number of piperidine rings is 1. The van der Waals surface area contributed by atoms with Crippen molar-refractivity contribution >= 4 is 11.9 Å². The number of rotatable bonds is 9. The minimum absolute atomic E-state index is 0.0812. The van der Waals surface area contributed by atoms with Gasteiger partial charge in [0, 0.05) is 37.9 Å². The van der Waals surface area contributed by atoms with Gasteiger partial charge in [-0.05, 0) is 87.2 Å². The van der Waals surface area contributed by atoms with Crippen LogP contribution in [0.25, 0.3) is 0 Å². The van der Waals surface area contributed by atoms with Crippen LogP contribution < -0.4 is 15.0 Å². The first kappa shape index (κ1) is 26.0. The number of nitrogens with one attached hydrogen (secondary N) is 1. The van der Waals surface area contributed by atoms with E-state index >= 15 is 0 Å². The van der Waals surface area contributed by atoms with E-state index < -0.39 is 0 Å². The molecule has 0 radical (unpaired) electrons. The number of aromatic nitrogens is 2. The highest BCUT2D eigenvalue weighted by Crippen LogP contribution is 2.24. The second-order valence-corrected chi connectivity index (χ2v) is 9.01. The highest BCUT2D eigenvalue weighted by molar-refractivity contribution is 5.95. The van der Waals surface area contributed by atoms with Crippen molar-refractivity contribution in [2.24, 2.45) is 5.92 Å². The van der Waals surface area contributed by atoms with E-state index in [1.165, 1.54) is 19.2 Å². The Labute approximate surface area is 201 Å². The standard InChI is InChI=1S/C21H30N4O4.C4H8O/c1-15-12-18(5-6-19(15)20(27)23-16(2)13-26)28-11-3-4-17-7-9-25(10-8-17)21-22-14-29-24-21;1-2-4-5-3-1/h5-6,12,14,16-17,26H,3-4,7-11,13H2,1-2H3,(H,23,27);1-4H2. The summed E-state index contributed by atoms with van der Waals surface area (Å²) < 4.78 is 15.6. The summed E-state index contributed by atoms with van der Waals surface area (Å²) in [5.41, 5.74) is 1.46. The zero-order chi connectivity index (χ0) is 24.2. The van der Waals surface area contributed by atoms with E-state index in [9.17, 15) is 4.79 Å². The Morgan fingerprint density at radius 3 is 2.65 bits per heavy atom. The normalized spacial score (nSPS) is 17.1. The zero-order valence-corrected chi connectivity index (χ0v) is 20.4. The van der Waals surface area contributed by atoms with Gasteiger partial charge in [0.25, 0.3) is 11.9 Å². The molecule has 0 spiro atoms. The predicted octanol–water partition coefficient (Wildman–Crippen LogP) is 3.36. The summed E-state index contributed by atoms with van der Waals surface area (Å²) in [7, 11) is 0. The Morgan fingerprint density at radius 1 is 1.29 bits per heavy atom. The lowest BCUT2D eigenvalue weighted by atomic mass is 9.92. The van der Waals surface area contributed by atoms with Crippen LogP contribution in [0.2, 0.25) is 0 Å². The number of amides is 1. The van der Waals surface area contributed by atoms with Crippen LogP contribution in [0.3, 0.4) is 0 Å². The fraction of sp³-hybridized carbons (Fsp3) is 0.640. The van der Waals surface area contributed by atoms with E-state index in [1.54, 1.807) is 13.0 Å². The van der Waals surface area contributed by atoms with E-state index in [2.05, 4.69) is 20.4 Å². The van der Waals surface area contributed by atoms with Crippen LogP contribution in [-0.4, -0.2) is 66.7 Å². The van der Waals surface area contributed by atoms with E-state index in [-0.39, 0.29) is 18.6 Å². The monoisotopic (exact) mass is 474 g/mol. The molecule has 2 aromatic rings. The Hall–Kier alpha value is -2.65. The smallest absolute Gasteiger partial charge is 0.265 e. The topological polar surface area (TPSA) is 110 Å². The quantitative estimate of drug-likeness (QED) is 0.533. The lowest BCUT2D eigenvalue weighted by molar-refractivity contribution is 0.0921. The van der Waals surface area contributed by atoms with Crippen molar-refractivity contribution in [2.45, 2.75) is 58.4 Å². The number of ether oxygens (including phenoxy) is 2. The van der Waals surface area contributed by atoms with Gasteiger partial charge in [-0.2, -0.15) is 4.98 Å². The molecule has 3 heterocycles. The molecule has 1 aromatic heterocycles. The maximum absolute atomic E-state index is 12.2. The summed E-state index contributed by atoms with van der Waals surface area (Å²) in [6, 6.07) is 5.23. The number of aliphatic hydroxyl groups is 1. The van der Waals surface area contributed by atoms with Gasteiger partial charge in [-0.3, -0.25) is 4.79 Å². The van der Waals surface area contributed by atoms with Crippen molar-refractivity contribution in [1.82, 2.24) is 15.5 Å². The number of aryl methyl sites for hydroxylation is 1. The molecular formula is C25H38N4O5. The van der Waals surface area contributed by atoms with Crippen LogP contribution in [0.5, 0.6) is 5.75 Å². The molecule has 1 aromatic carbocycles. The van der Waals surface area contributed by atoms with Crippen molar-refractivity contribution in [3.63, 3.8) is 0 Å². The molecule has 1 unspecified atom stereocenters. The van der Waals surface area contributed by atoms with Crippen molar-refractivity contribution in [2.75, 3.05) is 44.4 Å². The van der Waals surface area contributed by atoms with Crippen LogP contribution >= 0.6 is 0 Å². The van der Waals surface area contributed by atoms with Gasteiger partial charge in [0.2, 0.25) is 6.39 Å². The SMILES string of the molecule is C1CCOC1.Cc1cc(OCCCC2CCN(c3ncon3)CC2)ccc1C(=O)NC(C)CO. The molecule has 2 fully saturated rings. The summed E-state index contributed by atoms with van der Waals surface area (Å²) in [6.45, 7) is 8.16. The van der Waals surface area contributed by atoms with E-state index in [0.717, 1.165) is 63.3 Å². The number of hydrogen-bond donors (Lipinski definition) is 2. The molecule has 34 heavy (non-hydrogen) atoms. The van der Waals surface area contributed by atoms with Crippen molar-refractivity contribution in [1.29, 1.82) is 0 Å². The maximum Gasteiger partial charge on any atom is 0.265 e. The van der Waals surface area contributed by atoms with E-state index in [4.69, 9.17) is 19.1 Å². The van der Waals surface area contributed by atoms with Gasteiger partial charge >= 0.3 is 0 Å². The number of hydrogen-bond acceptors (Lipinski definition) is 8. The lowest BCUT2D eigenvalue weighted by Crippen LogP contribution is -2.35. The Morgan fingerprint density at radius 2 is 2.06 bits per heavy atom. The number of carbonyl (C=O) groups excluding carboxylic acids is 1. The largest absolute Gasteiger partial charge is 0.494 e. The van der Waals surface area contributed by atoms with Gasteiger partial charge in [-0.1, -0.05) is 0 Å². The van der Waals surface area contributed by atoms with Crippen LogP contribution in [-0.2, 0) is 4.74 Å². The second-order valence-electron chi connectivity index (χ2n) is 9.01. The molecule has 9 heteroatoms. The van der Waals surface area contributed by atoms with E-state index in [0.29, 0.717) is 24.0 Å². The third kappa shape index (κ3) is 8.29. The third-order valence-electron chi connectivity index (χ3n) is 6.19. The lowest BCUT2D eigenvalue weighted by Gasteiger charge is -2.30. The second kappa shape index (κ2) is 13.9. The molecule has 0 aliphatic carbocycles. The Kier molecular flexibility index (Phi) is 10.6. The molecule has 1 atom stereocenters. The highest BCUT2D eigenvalue weighted by Gasteiger charge is 2.21. The zero-order valence-electron chi connectivity index (χ0n) is 20.4. The Balaban J connectivity index is 0.000000574. The molecule has 2 aliphatic rings. The number of benzene rings is 1. The van der Waals surface area contributed by atoms with Gasteiger partial charge in [0.05, 0.1) is 13.2 Å². The molecule has 188 valence electrons. The van der Waals surface area contributed by atoms with Gasteiger partial charge in [-0.25, -0.2) is 0 Å². The average molecular weight is 475 g/mol. The first-order valence-electron chi connectivity index (χ1n) is 12.3. The molecule has 0 bridgehead atoms. The maximum atomic E-state index is 12.2. The summed E-state index contributed by atoms with van der Waals surface area (Å²) in [4.78, 5) is 18.5. The average Bonchev–Trinajstić information content (AvgIpc) is 3.59. The predicted molar refractivity (Wildman–Crippen MR) is 129 cm³/mol. The van der Waals surface area contributed by atoms with E-state index in [1.807, 2.05) is 19.1 Å². The molecule has 2 N–H and O–H groups in total. The number of anilines is 1. The number of carbonyl (C=O) groups is 1. The molecule has 2 saturated heterocycles. The third-order valence-corrected chi connectivity index (χ3v) is 6.19. The Bertz CT molecular complexity index is 841. The van der Waals surface area contributed by atoms with Gasteiger partial charge in [-0.15, -0.1) is 0 Å². The molecule has 4 rings (SSSR count). The first-order chi connectivity index (χ1) is 16.6. The summed E-state index contributed by atoms with van der Waals surface area (Å²) in [5.74, 6) is 1.98. The first-order valence-corrected chi connectivity index (χ1v) is 12.3. The van der Waals surface area contributed by atoms with Crippen molar-refractivity contribution < 1.29 is 23.9 Å². The molecule has 9 nitrogen and oxygen atoms in total. The van der Waals surface area contributed by atoms with Crippen LogP contribution in [0.1, 0.15) is 61.4 Å². The van der Waals surface area contributed by atoms with Crippen molar-refractivity contribution in [3.8, 4) is 5.75 Å².